The molecule has 5 rings (SSSR count). The van der Waals surface area contributed by atoms with Gasteiger partial charge in [0.1, 0.15) is 10.7 Å². The van der Waals surface area contributed by atoms with Crippen LogP contribution in [0.1, 0.15) is 17.8 Å². The van der Waals surface area contributed by atoms with Crippen molar-refractivity contribution in [3.05, 3.63) is 65.6 Å². The van der Waals surface area contributed by atoms with E-state index in [1.165, 1.54) is 5.69 Å². The number of rotatable bonds is 4. The van der Waals surface area contributed by atoms with Crippen LogP contribution >= 0.6 is 11.3 Å². The van der Waals surface area contributed by atoms with Crippen LogP contribution in [0.4, 0.5) is 0 Å². The lowest BCUT2D eigenvalue weighted by atomic mass is 10.2. The molecule has 0 spiro atoms. The van der Waals surface area contributed by atoms with Gasteiger partial charge < -0.3 is 9.88 Å². The van der Waals surface area contributed by atoms with Gasteiger partial charge in [0.2, 0.25) is 0 Å². The van der Waals surface area contributed by atoms with Gasteiger partial charge in [0.05, 0.1) is 17.9 Å². The molecule has 0 saturated carbocycles. The highest BCUT2D eigenvalue weighted by Gasteiger charge is 2.16. The van der Waals surface area contributed by atoms with Crippen LogP contribution < -0.4 is 5.32 Å². The Labute approximate surface area is 161 Å². The molecule has 7 heteroatoms. The average Bonchev–Trinajstić information content (AvgIpc) is 3.41. The second-order valence-electron chi connectivity index (χ2n) is 6.66. The number of imidazole rings is 1. The first-order valence-electron chi connectivity index (χ1n) is 9.15. The Bertz CT molecular complexity index is 1020. The number of aryl methyl sites for hydroxylation is 1. The molecule has 0 unspecified atom stereocenters. The summed E-state index contributed by atoms with van der Waals surface area (Å²) in [6, 6.07) is 12.4. The standard InChI is InChI=1S/C20H20N6S/c1-2-5-15(6-3-1)20-23-16(14-27-20)13-25-10-8-22-19(25)18-11-17-12-21-7-4-9-26(17)24-18/h1-3,5-6,8,10-11,14,21H,4,7,9,12-13H2. The molecule has 0 fully saturated rings. The van der Waals surface area contributed by atoms with Gasteiger partial charge in [0.25, 0.3) is 0 Å². The first-order valence-corrected chi connectivity index (χ1v) is 10.0. The Morgan fingerprint density at radius 1 is 1.19 bits per heavy atom. The number of aromatic nitrogens is 5. The lowest BCUT2D eigenvalue weighted by Gasteiger charge is -2.04. The molecule has 1 aliphatic heterocycles. The maximum absolute atomic E-state index is 4.80. The molecule has 0 atom stereocenters. The van der Waals surface area contributed by atoms with Crippen molar-refractivity contribution in [2.24, 2.45) is 0 Å². The summed E-state index contributed by atoms with van der Waals surface area (Å²) in [5, 5.41) is 11.4. The Morgan fingerprint density at radius 3 is 3.04 bits per heavy atom. The predicted molar refractivity (Wildman–Crippen MR) is 106 cm³/mol. The van der Waals surface area contributed by atoms with E-state index in [9.17, 15) is 0 Å². The van der Waals surface area contributed by atoms with Gasteiger partial charge in [0.15, 0.2) is 5.82 Å². The molecular weight excluding hydrogens is 356 g/mol. The van der Waals surface area contributed by atoms with Crippen LogP contribution in [-0.2, 0) is 19.6 Å². The van der Waals surface area contributed by atoms with Crippen molar-refractivity contribution >= 4 is 11.3 Å². The van der Waals surface area contributed by atoms with Gasteiger partial charge in [-0.3, -0.25) is 4.68 Å². The van der Waals surface area contributed by atoms with Crippen LogP contribution in [-0.4, -0.2) is 30.9 Å². The largest absolute Gasteiger partial charge is 0.324 e. The molecule has 1 N–H and O–H groups in total. The lowest BCUT2D eigenvalue weighted by molar-refractivity contribution is 0.587. The van der Waals surface area contributed by atoms with Crippen LogP contribution in [0.3, 0.4) is 0 Å². The van der Waals surface area contributed by atoms with Crippen molar-refractivity contribution in [1.82, 2.24) is 29.6 Å². The molecule has 0 aliphatic carbocycles. The topological polar surface area (TPSA) is 60.6 Å². The molecule has 4 heterocycles. The monoisotopic (exact) mass is 376 g/mol. The quantitative estimate of drug-likeness (QED) is 0.593. The summed E-state index contributed by atoms with van der Waals surface area (Å²) in [4.78, 5) is 9.36. The van der Waals surface area contributed by atoms with Crippen LogP contribution in [0, 0.1) is 0 Å². The molecule has 136 valence electrons. The summed E-state index contributed by atoms with van der Waals surface area (Å²) in [6.45, 7) is 3.55. The highest BCUT2D eigenvalue weighted by molar-refractivity contribution is 7.13. The summed E-state index contributed by atoms with van der Waals surface area (Å²) in [7, 11) is 0. The van der Waals surface area contributed by atoms with Gasteiger partial charge in [-0.25, -0.2) is 9.97 Å². The molecular formula is C20H20N6S. The molecule has 0 radical (unpaired) electrons. The number of nitrogens with one attached hydrogen (secondary N) is 1. The molecule has 0 saturated heterocycles. The number of benzene rings is 1. The highest BCUT2D eigenvalue weighted by atomic mass is 32.1. The fraction of sp³-hybridized carbons (Fsp3) is 0.250. The zero-order valence-electron chi connectivity index (χ0n) is 14.9. The van der Waals surface area contributed by atoms with Gasteiger partial charge in [-0.15, -0.1) is 11.3 Å². The highest BCUT2D eigenvalue weighted by Crippen LogP contribution is 2.25. The molecule has 6 nitrogen and oxygen atoms in total. The van der Waals surface area contributed by atoms with E-state index >= 15 is 0 Å². The second-order valence-corrected chi connectivity index (χ2v) is 7.52. The van der Waals surface area contributed by atoms with E-state index in [2.05, 4.69) is 43.1 Å². The van der Waals surface area contributed by atoms with Gasteiger partial charge in [0, 0.05) is 36.4 Å². The molecule has 0 bridgehead atoms. The third-order valence-corrected chi connectivity index (χ3v) is 5.68. The Kier molecular flexibility index (Phi) is 4.31. The van der Waals surface area contributed by atoms with Gasteiger partial charge in [-0.2, -0.15) is 5.10 Å². The minimum Gasteiger partial charge on any atom is -0.324 e. The molecule has 3 aromatic heterocycles. The van der Waals surface area contributed by atoms with Crippen molar-refractivity contribution in [3.63, 3.8) is 0 Å². The molecule has 27 heavy (non-hydrogen) atoms. The Hall–Kier alpha value is -2.77. The van der Waals surface area contributed by atoms with Crippen molar-refractivity contribution in [2.75, 3.05) is 6.54 Å². The summed E-state index contributed by atoms with van der Waals surface area (Å²) < 4.78 is 4.23. The van der Waals surface area contributed by atoms with E-state index in [-0.39, 0.29) is 0 Å². The first-order chi connectivity index (χ1) is 13.4. The third-order valence-electron chi connectivity index (χ3n) is 4.74. The predicted octanol–water partition coefficient (Wildman–Crippen LogP) is 3.41. The lowest BCUT2D eigenvalue weighted by Crippen LogP contribution is -2.11. The molecule has 4 aromatic rings. The number of nitrogens with zero attached hydrogens (tertiary/aromatic N) is 5. The summed E-state index contributed by atoms with van der Waals surface area (Å²) in [5.41, 5.74) is 4.35. The Morgan fingerprint density at radius 2 is 2.11 bits per heavy atom. The average molecular weight is 376 g/mol. The molecule has 1 aromatic carbocycles. The minimum atomic E-state index is 0.694. The zero-order valence-corrected chi connectivity index (χ0v) is 15.7. The van der Waals surface area contributed by atoms with E-state index in [0.717, 1.165) is 53.8 Å². The maximum atomic E-state index is 4.80. The van der Waals surface area contributed by atoms with Crippen molar-refractivity contribution in [1.29, 1.82) is 0 Å². The fourth-order valence-corrected chi connectivity index (χ4v) is 4.23. The third kappa shape index (κ3) is 3.31. The summed E-state index contributed by atoms with van der Waals surface area (Å²) in [6.07, 6.45) is 4.94. The number of thiazole rings is 1. The fourth-order valence-electron chi connectivity index (χ4n) is 3.41. The van der Waals surface area contributed by atoms with Crippen molar-refractivity contribution in [3.8, 4) is 22.1 Å². The van der Waals surface area contributed by atoms with Crippen molar-refractivity contribution < 1.29 is 0 Å². The van der Waals surface area contributed by atoms with E-state index < -0.39 is 0 Å². The van der Waals surface area contributed by atoms with Crippen LogP contribution in [0.25, 0.3) is 22.1 Å². The van der Waals surface area contributed by atoms with Crippen LogP contribution in [0.5, 0.6) is 0 Å². The number of fused-ring (bicyclic) bond motifs is 1. The molecule has 0 amide bonds. The zero-order chi connectivity index (χ0) is 18.1. The van der Waals surface area contributed by atoms with E-state index in [1.54, 1.807) is 11.3 Å². The van der Waals surface area contributed by atoms with Crippen LogP contribution in [0.2, 0.25) is 0 Å². The van der Waals surface area contributed by atoms with Crippen LogP contribution in [0.15, 0.2) is 54.2 Å². The first kappa shape index (κ1) is 16.4. The maximum Gasteiger partial charge on any atom is 0.160 e. The van der Waals surface area contributed by atoms with Crippen molar-refractivity contribution in [2.45, 2.75) is 26.1 Å². The summed E-state index contributed by atoms with van der Waals surface area (Å²) in [5.74, 6) is 0.893. The van der Waals surface area contributed by atoms with Gasteiger partial charge in [-0.1, -0.05) is 30.3 Å². The Balaban J connectivity index is 1.41. The minimum absolute atomic E-state index is 0.694. The molecule has 1 aliphatic rings. The number of hydrogen-bond acceptors (Lipinski definition) is 5. The van der Waals surface area contributed by atoms with E-state index in [1.807, 2.05) is 30.6 Å². The summed E-state index contributed by atoms with van der Waals surface area (Å²) >= 11 is 1.68. The van der Waals surface area contributed by atoms with Gasteiger partial charge in [-0.05, 0) is 19.0 Å². The smallest absolute Gasteiger partial charge is 0.160 e. The van der Waals surface area contributed by atoms with Gasteiger partial charge >= 0.3 is 0 Å². The van der Waals surface area contributed by atoms with E-state index in [0.29, 0.717) is 6.54 Å². The normalized spacial score (nSPS) is 14.1. The second kappa shape index (κ2) is 7.09. The SMILES string of the molecule is c1ccc(-c2nc(Cn3ccnc3-c3cc4n(n3)CCCNC4)cs2)cc1. The van der Waals surface area contributed by atoms with E-state index in [4.69, 9.17) is 10.1 Å². The number of hydrogen-bond donors (Lipinski definition) is 1.